The Bertz CT molecular complexity index is 670. The largest absolute Gasteiger partial charge is 0.352 e. The second-order valence-electron chi connectivity index (χ2n) is 5.68. The van der Waals surface area contributed by atoms with Crippen LogP contribution in [0.25, 0.3) is 0 Å². The molecule has 118 valence electrons. The number of hydrogen-bond acceptors (Lipinski definition) is 2. The Labute approximate surface area is 136 Å². The number of carbonyl (C=O) groups excluding carboxylic acids is 2. The van der Waals surface area contributed by atoms with Gasteiger partial charge in [-0.2, -0.15) is 0 Å². The molecule has 23 heavy (non-hydrogen) atoms. The molecule has 0 aliphatic carbocycles. The number of aryl methyl sites for hydroxylation is 1. The maximum Gasteiger partial charge on any atom is 0.247 e. The molecule has 0 bridgehead atoms. The summed E-state index contributed by atoms with van der Waals surface area (Å²) >= 11 is 0. The highest BCUT2D eigenvalue weighted by atomic mass is 16.2. The summed E-state index contributed by atoms with van der Waals surface area (Å²) in [6, 6.07) is 18.9. The maximum atomic E-state index is 12.6. The van der Waals surface area contributed by atoms with Crippen molar-refractivity contribution in [2.45, 2.75) is 18.9 Å². The van der Waals surface area contributed by atoms with Gasteiger partial charge in [0.2, 0.25) is 11.8 Å². The molecule has 1 fully saturated rings. The van der Waals surface area contributed by atoms with Gasteiger partial charge in [0.05, 0.1) is 0 Å². The molecular formula is C19H20N2O2. The molecule has 0 radical (unpaired) electrons. The van der Waals surface area contributed by atoms with Crippen molar-refractivity contribution in [2.75, 3.05) is 13.1 Å². The number of nitrogens with zero attached hydrogens (tertiary/aromatic N) is 1. The lowest BCUT2D eigenvalue weighted by Crippen LogP contribution is -2.52. The fraction of sp³-hybridized carbons (Fsp3) is 0.263. The maximum absolute atomic E-state index is 12.6. The van der Waals surface area contributed by atoms with Gasteiger partial charge >= 0.3 is 0 Å². The molecule has 0 saturated carbocycles. The topological polar surface area (TPSA) is 49.4 Å². The SMILES string of the molecule is O=C1NCCN(C(=O)CCc2ccccc2)C1c1ccccc1. The van der Waals surface area contributed by atoms with Crippen molar-refractivity contribution in [2.24, 2.45) is 0 Å². The lowest BCUT2D eigenvalue weighted by atomic mass is 10.0. The van der Waals surface area contributed by atoms with Crippen LogP contribution >= 0.6 is 0 Å². The van der Waals surface area contributed by atoms with Crippen molar-refractivity contribution < 1.29 is 9.59 Å². The molecule has 4 nitrogen and oxygen atoms in total. The summed E-state index contributed by atoms with van der Waals surface area (Å²) in [4.78, 5) is 26.6. The zero-order valence-electron chi connectivity index (χ0n) is 12.9. The summed E-state index contributed by atoms with van der Waals surface area (Å²) in [5, 5.41) is 2.86. The predicted octanol–water partition coefficient (Wildman–Crippen LogP) is 2.32. The van der Waals surface area contributed by atoms with E-state index < -0.39 is 6.04 Å². The molecule has 3 rings (SSSR count). The third-order valence-corrected chi connectivity index (χ3v) is 4.12. The van der Waals surface area contributed by atoms with Crippen molar-refractivity contribution in [3.05, 3.63) is 71.8 Å². The summed E-state index contributed by atoms with van der Waals surface area (Å²) in [7, 11) is 0. The standard InChI is InChI=1S/C19H20N2O2/c22-17(12-11-15-7-3-1-4-8-15)21-14-13-20-19(23)18(21)16-9-5-2-6-10-16/h1-10,18H,11-14H2,(H,20,23). The number of piperazine rings is 1. The van der Waals surface area contributed by atoms with Crippen LogP contribution < -0.4 is 5.32 Å². The molecule has 1 unspecified atom stereocenters. The molecule has 1 saturated heterocycles. The molecule has 0 spiro atoms. The third-order valence-electron chi connectivity index (χ3n) is 4.12. The number of amides is 2. The van der Waals surface area contributed by atoms with Crippen LogP contribution in [0.2, 0.25) is 0 Å². The summed E-state index contributed by atoms with van der Waals surface area (Å²) in [6.07, 6.45) is 1.11. The Balaban J connectivity index is 1.73. The van der Waals surface area contributed by atoms with Gasteiger partial charge in [-0.15, -0.1) is 0 Å². The van der Waals surface area contributed by atoms with Gasteiger partial charge in [-0.05, 0) is 17.5 Å². The lowest BCUT2D eigenvalue weighted by Gasteiger charge is -2.35. The Kier molecular flexibility index (Phi) is 4.71. The molecule has 2 aromatic carbocycles. The van der Waals surface area contributed by atoms with Crippen molar-refractivity contribution in [1.82, 2.24) is 10.2 Å². The van der Waals surface area contributed by atoms with E-state index in [4.69, 9.17) is 0 Å². The normalized spacial score (nSPS) is 17.7. The monoisotopic (exact) mass is 308 g/mol. The van der Waals surface area contributed by atoms with Crippen LogP contribution in [-0.4, -0.2) is 29.8 Å². The van der Waals surface area contributed by atoms with Gasteiger partial charge in [0, 0.05) is 19.5 Å². The van der Waals surface area contributed by atoms with Crippen molar-refractivity contribution in [1.29, 1.82) is 0 Å². The number of carbonyl (C=O) groups is 2. The highest BCUT2D eigenvalue weighted by Crippen LogP contribution is 2.24. The van der Waals surface area contributed by atoms with Gasteiger partial charge in [-0.25, -0.2) is 0 Å². The van der Waals surface area contributed by atoms with Gasteiger partial charge in [0.25, 0.3) is 0 Å². The average Bonchev–Trinajstić information content (AvgIpc) is 2.61. The number of benzene rings is 2. The van der Waals surface area contributed by atoms with Crippen molar-refractivity contribution in [3.8, 4) is 0 Å². The Hall–Kier alpha value is -2.62. The first-order valence-corrected chi connectivity index (χ1v) is 7.92. The second kappa shape index (κ2) is 7.09. The van der Waals surface area contributed by atoms with Crippen molar-refractivity contribution in [3.63, 3.8) is 0 Å². The van der Waals surface area contributed by atoms with Gasteiger partial charge in [0.15, 0.2) is 0 Å². The Morgan fingerprint density at radius 1 is 1.04 bits per heavy atom. The number of hydrogen-bond donors (Lipinski definition) is 1. The molecule has 0 aromatic heterocycles. The highest BCUT2D eigenvalue weighted by molar-refractivity contribution is 5.89. The van der Waals surface area contributed by atoms with Gasteiger partial charge in [0.1, 0.15) is 6.04 Å². The first-order valence-electron chi connectivity index (χ1n) is 7.92. The molecule has 1 aliphatic heterocycles. The third kappa shape index (κ3) is 3.59. The average molecular weight is 308 g/mol. The Morgan fingerprint density at radius 2 is 1.70 bits per heavy atom. The molecular weight excluding hydrogens is 288 g/mol. The fourth-order valence-corrected chi connectivity index (χ4v) is 2.94. The zero-order valence-corrected chi connectivity index (χ0v) is 12.9. The minimum absolute atomic E-state index is 0.0255. The molecule has 2 aromatic rings. The van der Waals surface area contributed by atoms with E-state index >= 15 is 0 Å². The van der Waals surface area contributed by atoms with Gasteiger partial charge in [-0.1, -0.05) is 60.7 Å². The van der Waals surface area contributed by atoms with Crippen LogP contribution in [0.3, 0.4) is 0 Å². The minimum Gasteiger partial charge on any atom is -0.352 e. The first-order chi connectivity index (χ1) is 11.3. The van der Waals surface area contributed by atoms with E-state index in [2.05, 4.69) is 5.32 Å². The van der Waals surface area contributed by atoms with Crippen LogP contribution in [0, 0.1) is 0 Å². The molecule has 1 N–H and O–H groups in total. The van der Waals surface area contributed by atoms with E-state index in [0.29, 0.717) is 25.9 Å². The lowest BCUT2D eigenvalue weighted by molar-refractivity contribution is -0.143. The van der Waals surface area contributed by atoms with E-state index in [0.717, 1.165) is 11.1 Å². The van der Waals surface area contributed by atoms with E-state index in [9.17, 15) is 9.59 Å². The zero-order chi connectivity index (χ0) is 16.1. The van der Waals surface area contributed by atoms with Crippen LogP contribution in [0.4, 0.5) is 0 Å². The van der Waals surface area contributed by atoms with E-state index in [-0.39, 0.29) is 11.8 Å². The predicted molar refractivity (Wildman–Crippen MR) is 88.7 cm³/mol. The number of nitrogens with one attached hydrogen (secondary N) is 1. The molecule has 2 amide bonds. The number of rotatable bonds is 4. The second-order valence-corrected chi connectivity index (χ2v) is 5.68. The van der Waals surface area contributed by atoms with Crippen LogP contribution in [0.5, 0.6) is 0 Å². The molecule has 1 aliphatic rings. The quantitative estimate of drug-likeness (QED) is 0.942. The summed E-state index contributed by atoms with van der Waals surface area (Å²) in [5.74, 6) is -0.0759. The molecule has 1 heterocycles. The van der Waals surface area contributed by atoms with Crippen LogP contribution in [0.15, 0.2) is 60.7 Å². The smallest absolute Gasteiger partial charge is 0.247 e. The van der Waals surface area contributed by atoms with Gasteiger partial charge < -0.3 is 10.2 Å². The van der Waals surface area contributed by atoms with E-state index in [1.807, 2.05) is 60.7 Å². The fourth-order valence-electron chi connectivity index (χ4n) is 2.94. The molecule has 1 atom stereocenters. The van der Waals surface area contributed by atoms with Crippen molar-refractivity contribution >= 4 is 11.8 Å². The van der Waals surface area contributed by atoms with Gasteiger partial charge in [-0.3, -0.25) is 9.59 Å². The first kappa shape index (κ1) is 15.3. The molecule has 4 heteroatoms. The Morgan fingerprint density at radius 3 is 2.39 bits per heavy atom. The van der Waals surface area contributed by atoms with E-state index in [1.54, 1.807) is 4.90 Å². The van der Waals surface area contributed by atoms with Crippen LogP contribution in [-0.2, 0) is 16.0 Å². The summed E-state index contributed by atoms with van der Waals surface area (Å²) in [6.45, 7) is 1.07. The highest BCUT2D eigenvalue weighted by Gasteiger charge is 2.33. The minimum atomic E-state index is -0.520. The van der Waals surface area contributed by atoms with Crippen LogP contribution in [0.1, 0.15) is 23.6 Å². The summed E-state index contributed by atoms with van der Waals surface area (Å²) in [5.41, 5.74) is 2.00. The summed E-state index contributed by atoms with van der Waals surface area (Å²) < 4.78 is 0. The van der Waals surface area contributed by atoms with E-state index in [1.165, 1.54) is 0 Å².